The van der Waals surface area contributed by atoms with Crippen LogP contribution in [0.4, 0.5) is 0 Å². The highest BCUT2D eigenvalue weighted by Gasteiger charge is 2.20. The van der Waals surface area contributed by atoms with Crippen LogP contribution in [0.15, 0.2) is 16.6 Å². The van der Waals surface area contributed by atoms with Crippen molar-refractivity contribution in [3.63, 3.8) is 0 Å². The first-order valence-corrected chi connectivity index (χ1v) is 7.77. The lowest BCUT2D eigenvalue weighted by Crippen LogP contribution is -2.37. The number of halogens is 3. The summed E-state index contributed by atoms with van der Waals surface area (Å²) >= 11 is 15.5. The normalized spacial score (nSPS) is 12.0. The van der Waals surface area contributed by atoms with Gasteiger partial charge in [0.15, 0.2) is 0 Å². The molecule has 0 aliphatic carbocycles. The second-order valence-electron chi connectivity index (χ2n) is 5.69. The summed E-state index contributed by atoms with van der Waals surface area (Å²) in [6.45, 7) is 10.0. The first-order valence-electron chi connectivity index (χ1n) is 6.22. The van der Waals surface area contributed by atoms with Crippen LogP contribution in [0, 0.1) is 5.41 Å². The molecule has 0 aliphatic rings. The Hall–Kier alpha value is 0.0400. The number of nitrogens with one attached hydrogen (secondary N) is 1. The molecule has 0 saturated heterocycles. The SMILES string of the molecule is CC(C)NCC(C)(C)COc1cc(Cl)c(Br)cc1Cl. The lowest BCUT2D eigenvalue weighted by atomic mass is 9.94. The van der Waals surface area contributed by atoms with Gasteiger partial charge in [-0.25, -0.2) is 0 Å². The van der Waals surface area contributed by atoms with Crippen LogP contribution in [0.1, 0.15) is 27.7 Å². The van der Waals surface area contributed by atoms with Crippen molar-refractivity contribution in [3.05, 3.63) is 26.7 Å². The van der Waals surface area contributed by atoms with E-state index in [0.717, 1.165) is 11.0 Å². The maximum absolute atomic E-state index is 6.13. The minimum absolute atomic E-state index is 0.0210. The van der Waals surface area contributed by atoms with Crippen molar-refractivity contribution in [2.24, 2.45) is 5.41 Å². The van der Waals surface area contributed by atoms with Crippen molar-refractivity contribution in [1.29, 1.82) is 0 Å². The zero-order valence-corrected chi connectivity index (χ0v) is 14.8. The third-order valence-electron chi connectivity index (χ3n) is 2.58. The van der Waals surface area contributed by atoms with E-state index in [9.17, 15) is 0 Å². The molecule has 0 atom stereocenters. The van der Waals surface area contributed by atoms with Gasteiger partial charge in [0.05, 0.1) is 16.7 Å². The van der Waals surface area contributed by atoms with Crippen LogP contribution < -0.4 is 10.1 Å². The summed E-state index contributed by atoms with van der Waals surface area (Å²) < 4.78 is 6.56. The quantitative estimate of drug-likeness (QED) is 0.700. The Bertz CT molecular complexity index is 436. The zero-order valence-electron chi connectivity index (χ0n) is 11.7. The summed E-state index contributed by atoms with van der Waals surface area (Å²) in [6, 6.07) is 3.95. The summed E-state index contributed by atoms with van der Waals surface area (Å²) in [4.78, 5) is 0. The predicted molar refractivity (Wildman–Crippen MR) is 86.6 cm³/mol. The molecule has 0 amide bonds. The smallest absolute Gasteiger partial charge is 0.139 e. The fourth-order valence-electron chi connectivity index (χ4n) is 1.42. The van der Waals surface area contributed by atoms with Crippen molar-refractivity contribution in [3.8, 4) is 5.75 Å². The molecule has 19 heavy (non-hydrogen) atoms. The van der Waals surface area contributed by atoms with E-state index in [1.54, 1.807) is 12.1 Å². The second-order valence-corrected chi connectivity index (χ2v) is 7.35. The monoisotopic (exact) mass is 367 g/mol. The molecule has 0 unspecified atom stereocenters. The Morgan fingerprint density at radius 1 is 1.26 bits per heavy atom. The van der Waals surface area contributed by atoms with Gasteiger partial charge >= 0.3 is 0 Å². The molecule has 0 saturated carbocycles. The number of hydrogen-bond acceptors (Lipinski definition) is 2. The summed E-state index contributed by atoms with van der Waals surface area (Å²) in [5.74, 6) is 0.618. The standard InChI is InChI=1S/C14H20BrCl2NO/c1-9(2)18-7-14(3,4)8-19-13-6-11(16)10(15)5-12(13)17/h5-6,9,18H,7-8H2,1-4H3. The first kappa shape index (κ1) is 17.1. The molecule has 0 bridgehead atoms. The fraction of sp³-hybridized carbons (Fsp3) is 0.571. The highest BCUT2D eigenvalue weighted by atomic mass is 79.9. The van der Waals surface area contributed by atoms with Crippen LogP contribution in [-0.4, -0.2) is 19.2 Å². The Balaban J connectivity index is 2.63. The molecule has 1 aromatic carbocycles. The van der Waals surface area contributed by atoms with Gasteiger partial charge in [-0.2, -0.15) is 0 Å². The van der Waals surface area contributed by atoms with Gasteiger partial charge < -0.3 is 10.1 Å². The Morgan fingerprint density at radius 2 is 1.89 bits per heavy atom. The van der Waals surface area contributed by atoms with Gasteiger partial charge in [-0.1, -0.05) is 50.9 Å². The van der Waals surface area contributed by atoms with E-state index in [-0.39, 0.29) is 5.41 Å². The zero-order chi connectivity index (χ0) is 14.6. The molecule has 0 spiro atoms. The fourth-order valence-corrected chi connectivity index (χ4v) is 2.27. The molecule has 0 fully saturated rings. The molecule has 0 aromatic heterocycles. The first-order chi connectivity index (χ1) is 8.71. The molecule has 0 heterocycles. The van der Waals surface area contributed by atoms with Crippen LogP contribution in [0.5, 0.6) is 5.75 Å². The maximum atomic E-state index is 6.13. The van der Waals surface area contributed by atoms with Gasteiger partial charge in [-0.3, -0.25) is 0 Å². The largest absolute Gasteiger partial charge is 0.491 e. The molecule has 1 aromatic rings. The highest BCUT2D eigenvalue weighted by Crippen LogP contribution is 2.34. The molecule has 2 nitrogen and oxygen atoms in total. The summed E-state index contributed by atoms with van der Waals surface area (Å²) in [5, 5.41) is 4.56. The minimum atomic E-state index is 0.0210. The Labute approximate surface area is 133 Å². The molecular weight excluding hydrogens is 349 g/mol. The van der Waals surface area contributed by atoms with Gasteiger partial charge in [0.25, 0.3) is 0 Å². The minimum Gasteiger partial charge on any atom is -0.491 e. The van der Waals surface area contributed by atoms with Crippen LogP contribution >= 0.6 is 39.1 Å². The Kier molecular flexibility index (Phi) is 6.44. The van der Waals surface area contributed by atoms with E-state index in [1.807, 2.05) is 0 Å². The number of hydrogen-bond donors (Lipinski definition) is 1. The van der Waals surface area contributed by atoms with Gasteiger partial charge in [0, 0.05) is 28.5 Å². The van der Waals surface area contributed by atoms with E-state index >= 15 is 0 Å². The van der Waals surface area contributed by atoms with E-state index in [2.05, 4.69) is 48.9 Å². The molecule has 5 heteroatoms. The highest BCUT2D eigenvalue weighted by molar-refractivity contribution is 9.10. The topological polar surface area (TPSA) is 21.3 Å². The predicted octanol–water partition coefficient (Wildman–Crippen LogP) is 5.16. The van der Waals surface area contributed by atoms with Crippen molar-refractivity contribution in [2.75, 3.05) is 13.2 Å². The van der Waals surface area contributed by atoms with Crippen LogP contribution in [0.2, 0.25) is 10.0 Å². The summed E-state index contributed by atoms with van der Waals surface area (Å²) in [6.07, 6.45) is 0. The van der Waals surface area contributed by atoms with Gasteiger partial charge in [0.2, 0.25) is 0 Å². The second kappa shape index (κ2) is 7.16. The van der Waals surface area contributed by atoms with E-state index in [4.69, 9.17) is 27.9 Å². The molecular formula is C14H20BrCl2NO. The molecule has 108 valence electrons. The lowest BCUT2D eigenvalue weighted by molar-refractivity contribution is 0.173. The average Bonchev–Trinajstić information content (AvgIpc) is 2.30. The van der Waals surface area contributed by atoms with E-state index in [1.165, 1.54) is 0 Å². The van der Waals surface area contributed by atoms with Crippen molar-refractivity contribution < 1.29 is 4.74 Å². The maximum Gasteiger partial charge on any atom is 0.139 e. The van der Waals surface area contributed by atoms with Crippen LogP contribution in [0.25, 0.3) is 0 Å². The van der Waals surface area contributed by atoms with Crippen LogP contribution in [0.3, 0.4) is 0 Å². The lowest BCUT2D eigenvalue weighted by Gasteiger charge is -2.26. The molecule has 1 rings (SSSR count). The Morgan fingerprint density at radius 3 is 2.47 bits per heavy atom. The summed E-state index contributed by atoms with van der Waals surface area (Å²) in [5.41, 5.74) is 0.0210. The average molecular weight is 369 g/mol. The van der Waals surface area contributed by atoms with Crippen molar-refractivity contribution >= 4 is 39.1 Å². The molecule has 0 aliphatic heterocycles. The summed E-state index contributed by atoms with van der Waals surface area (Å²) in [7, 11) is 0. The molecule has 0 radical (unpaired) electrons. The van der Waals surface area contributed by atoms with Gasteiger partial charge in [-0.05, 0) is 22.0 Å². The number of benzene rings is 1. The van der Waals surface area contributed by atoms with Crippen molar-refractivity contribution in [2.45, 2.75) is 33.7 Å². The number of rotatable bonds is 6. The van der Waals surface area contributed by atoms with E-state index < -0.39 is 0 Å². The third-order valence-corrected chi connectivity index (χ3v) is 4.07. The molecule has 1 N–H and O–H groups in total. The third kappa shape index (κ3) is 5.90. The van der Waals surface area contributed by atoms with Gasteiger partial charge in [-0.15, -0.1) is 0 Å². The van der Waals surface area contributed by atoms with Gasteiger partial charge in [0.1, 0.15) is 5.75 Å². The van der Waals surface area contributed by atoms with Crippen molar-refractivity contribution in [1.82, 2.24) is 5.32 Å². The number of ether oxygens (including phenoxy) is 1. The van der Waals surface area contributed by atoms with E-state index in [0.29, 0.717) is 28.4 Å². The van der Waals surface area contributed by atoms with Crippen LogP contribution in [-0.2, 0) is 0 Å².